The number of aryl methyl sites for hydroxylation is 1. The number of rotatable bonds is 5. The van der Waals surface area contributed by atoms with Crippen molar-refractivity contribution in [3.8, 4) is 16.5 Å². The lowest BCUT2D eigenvalue weighted by Crippen LogP contribution is -2.46. The first kappa shape index (κ1) is 21.4. The van der Waals surface area contributed by atoms with Crippen LogP contribution in [-0.2, 0) is 0 Å². The number of aromatic nitrogens is 2. The van der Waals surface area contributed by atoms with Gasteiger partial charge in [-0.2, -0.15) is 4.98 Å². The summed E-state index contributed by atoms with van der Waals surface area (Å²) in [5, 5.41) is 10.3. The number of methoxy groups -OCH3 is 1. The number of anilines is 1. The van der Waals surface area contributed by atoms with Gasteiger partial charge >= 0.3 is 0 Å². The predicted octanol–water partition coefficient (Wildman–Crippen LogP) is 5.98. The Balaban J connectivity index is 1.67. The zero-order valence-corrected chi connectivity index (χ0v) is 20.0. The number of thiocarbonyl (C=S) groups is 1. The number of ether oxygens (including phenoxy) is 1. The molecule has 0 radical (unpaired) electrons. The van der Waals surface area contributed by atoms with Crippen molar-refractivity contribution in [1.82, 2.24) is 15.5 Å². The first-order valence-electron chi connectivity index (χ1n) is 10.4. The van der Waals surface area contributed by atoms with E-state index in [4.69, 9.17) is 26.5 Å². The first-order chi connectivity index (χ1) is 16.0. The Bertz CT molecular complexity index is 1340. The maximum atomic E-state index is 5.83. The molecule has 0 spiro atoms. The van der Waals surface area contributed by atoms with Crippen LogP contribution in [0.4, 0.5) is 5.69 Å². The largest absolute Gasteiger partial charge is 0.497 e. The molecule has 33 heavy (non-hydrogen) atoms. The van der Waals surface area contributed by atoms with E-state index in [2.05, 4.69) is 29.5 Å². The molecule has 8 heteroatoms. The Morgan fingerprint density at radius 1 is 1.09 bits per heavy atom. The zero-order chi connectivity index (χ0) is 22.9. The fourth-order valence-electron chi connectivity index (χ4n) is 4.01. The van der Waals surface area contributed by atoms with E-state index in [1.807, 2.05) is 65.7 Å². The average molecular weight is 475 g/mol. The second-order valence-corrected chi connectivity index (χ2v) is 9.07. The Kier molecular flexibility index (Phi) is 5.70. The van der Waals surface area contributed by atoms with Gasteiger partial charge in [0, 0.05) is 11.4 Å². The fourth-order valence-corrected chi connectivity index (χ4v) is 5.02. The molecule has 0 aliphatic carbocycles. The third-order valence-corrected chi connectivity index (χ3v) is 6.74. The molecule has 1 atom stereocenters. The van der Waals surface area contributed by atoms with Crippen molar-refractivity contribution in [2.75, 3.05) is 12.0 Å². The summed E-state index contributed by atoms with van der Waals surface area (Å²) in [4.78, 5) is 7.72. The van der Waals surface area contributed by atoms with Crippen LogP contribution in [0.25, 0.3) is 16.3 Å². The summed E-state index contributed by atoms with van der Waals surface area (Å²) in [7, 11) is 1.66. The lowest BCUT2D eigenvalue weighted by molar-refractivity contribution is 0.403. The summed E-state index contributed by atoms with van der Waals surface area (Å²) in [6, 6.07) is 19.8. The Morgan fingerprint density at radius 2 is 1.94 bits per heavy atom. The van der Waals surface area contributed by atoms with Gasteiger partial charge in [0.25, 0.3) is 5.89 Å². The maximum absolute atomic E-state index is 5.83. The molecular weight excluding hydrogens is 452 g/mol. The molecule has 0 fully saturated rings. The molecule has 0 saturated carbocycles. The molecule has 2 aromatic carbocycles. The summed E-state index contributed by atoms with van der Waals surface area (Å²) in [6.07, 6.45) is 0. The van der Waals surface area contributed by atoms with Gasteiger partial charge in [-0.15, -0.1) is 11.3 Å². The van der Waals surface area contributed by atoms with Crippen molar-refractivity contribution >= 4 is 39.9 Å². The third-order valence-electron chi connectivity index (χ3n) is 5.57. The number of benzene rings is 2. The van der Waals surface area contributed by atoms with Crippen LogP contribution in [-0.4, -0.2) is 22.4 Å². The molecule has 0 bridgehead atoms. The molecule has 5 rings (SSSR count). The fraction of sp³-hybridized carbons (Fsp3) is 0.160. The van der Waals surface area contributed by atoms with Crippen molar-refractivity contribution in [3.05, 3.63) is 88.8 Å². The highest BCUT2D eigenvalue weighted by molar-refractivity contribution is 7.80. The van der Waals surface area contributed by atoms with Gasteiger partial charge in [0.15, 0.2) is 5.11 Å². The monoisotopic (exact) mass is 474 g/mol. The molecule has 3 heterocycles. The van der Waals surface area contributed by atoms with Crippen LogP contribution in [0.3, 0.4) is 0 Å². The molecule has 1 unspecified atom stereocenters. The maximum Gasteiger partial charge on any atom is 0.258 e. The van der Waals surface area contributed by atoms with Crippen LogP contribution in [0.5, 0.6) is 5.75 Å². The minimum atomic E-state index is -0.273. The van der Waals surface area contributed by atoms with Gasteiger partial charge in [0.05, 0.1) is 23.6 Å². The van der Waals surface area contributed by atoms with Crippen LogP contribution in [0.2, 0.25) is 0 Å². The molecule has 6 nitrogen and oxygen atoms in total. The van der Waals surface area contributed by atoms with Crippen molar-refractivity contribution in [1.29, 1.82) is 0 Å². The van der Waals surface area contributed by atoms with Gasteiger partial charge < -0.3 is 14.6 Å². The molecule has 0 amide bonds. The van der Waals surface area contributed by atoms with E-state index in [-0.39, 0.29) is 6.04 Å². The van der Waals surface area contributed by atoms with Crippen molar-refractivity contribution in [2.24, 2.45) is 0 Å². The Morgan fingerprint density at radius 3 is 2.70 bits per heavy atom. The van der Waals surface area contributed by atoms with Crippen molar-refractivity contribution in [2.45, 2.75) is 19.9 Å². The van der Waals surface area contributed by atoms with E-state index >= 15 is 0 Å². The Hall–Kier alpha value is -3.49. The summed E-state index contributed by atoms with van der Waals surface area (Å²) in [6.45, 7) is 4.10. The van der Waals surface area contributed by atoms with Gasteiger partial charge in [-0.3, -0.25) is 4.90 Å². The molecule has 1 aliphatic rings. The number of nitrogens with zero attached hydrogens (tertiary/aromatic N) is 3. The van der Waals surface area contributed by atoms with Crippen molar-refractivity contribution < 1.29 is 9.26 Å². The van der Waals surface area contributed by atoms with Crippen molar-refractivity contribution in [3.63, 3.8) is 0 Å². The second-order valence-electron chi connectivity index (χ2n) is 7.73. The minimum absolute atomic E-state index is 0.273. The number of allylic oxidation sites excluding steroid dienone is 1. The molecule has 4 aromatic rings. The second kappa shape index (κ2) is 8.80. The molecule has 166 valence electrons. The standard InChI is InChI=1S/C25H22N4O2S2/c1-15-7-4-9-18(13-15)29-16(2)21(24-27-23(28-31-24)20-11-6-12-33-20)22(26-25(29)32)17-8-5-10-19(14-17)30-3/h4-14,22H,1-3H3,(H,26,32). The number of nitrogens with one attached hydrogen (secondary N) is 1. The zero-order valence-electron chi connectivity index (χ0n) is 18.4. The van der Waals surface area contributed by atoms with Crippen LogP contribution >= 0.6 is 23.6 Å². The first-order valence-corrected chi connectivity index (χ1v) is 11.7. The summed E-state index contributed by atoms with van der Waals surface area (Å²) in [5.41, 5.74) is 4.92. The number of thiophene rings is 1. The summed E-state index contributed by atoms with van der Waals surface area (Å²) < 4.78 is 11.3. The van der Waals surface area contributed by atoms with E-state index in [1.165, 1.54) is 0 Å². The van der Waals surface area contributed by atoms with Gasteiger partial charge in [-0.05, 0) is 72.9 Å². The van der Waals surface area contributed by atoms with E-state index in [0.717, 1.165) is 38.7 Å². The smallest absolute Gasteiger partial charge is 0.258 e. The topological polar surface area (TPSA) is 63.4 Å². The predicted molar refractivity (Wildman–Crippen MR) is 135 cm³/mol. The lowest BCUT2D eigenvalue weighted by Gasteiger charge is -2.37. The van der Waals surface area contributed by atoms with Gasteiger partial charge in [-0.1, -0.05) is 35.5 Å². The van der Waals surface area contributed by atoms with Crippen LogP contribution < -0.4 is 15.0 Å². The highest BCUT2D eigenvalue weighted by atomic mass is 32.1. The summed E-state index contributed by atoms with van der Waals surface area (Å²) >= 11 is 7.40. The quantitative estimate of drug-likeness (QED) is 0.357. The summed E-state index contributed by atoms with van der Waals surface area (Å²) in [5.74, 6) is 1.79. The van der Waals surface area contributed by atoms with E-state index in [1.54, 1.807) is 18.4 Å². The molecule has 2 aromatic heterocycles. The molecule has 1 aliphatic heterocycles. The molecule has 1 N–H and O–H groups in total. The van der Waals surface area contributed by atoms with E-state index < -0.39 is 0 Å². The van der Waals surface area contributed by atoms with Gasteiger partial charge in [0.2, 0.25) is 5.82 Å². The van der Waals surface area contributed by atoms with Gasteiger partial charge in [-0.25, -0.2) is 0 Å². The normalized spacial score (nSPS) is 16.2. The van der Waals surface area contributed by atoms with Crippen LogP contribution in [0.15, 0.2) is 76.3 Å². The molecule has 0 saturated heterocycles. The third kappa shape index (κ3) is 4.03. The van der Waals surface area contributed by atoms with E-state index in [9.17, 15) is 0 Å². The van der Waals surface area contributed by atoms with E-state index in [0.29, 0.717) is 16.8 Å². The molecular formula is C25H22N4O2S2. The number of hydrogen-bond donors (Lipinski definition) is 1. The average Bonchev–Trinajstić information content (AvgIpc) is 3.51. The van der Waals surface area contributed by atoms with Crippen LogP contribution in [0, 0.1) is 6.92 Å². The lowest BCUT2D eigenvalue weighted by atomic mass is 9.94. The number of hydrogen-bond acceptors (Lipinski definition) is 6. The minimum Gasteiger partial charge on any atom is -0.497 e. The van der Waals surface area contributed by atoms with Gasteiger partial charge in [0.1, 0.15) is 5.75 Å². The Labute approximate surface area is 201 Å². The van der Waals surface area contributed by atoms with Crippen LogP contribution in [0.1, 0.15) is 30.0 Å². The SMILES string of the molecule is COc1cccc(C2NC(=S)N(c3cccc(C)c3)C(C)=C2c2nc(-c3cccs3)no2)c1. The highest BCUT2D eigenvalue weighted by Crippen LogP contribution is 2.40. The highest BCUT2D eigenvalue weighted by Gasteiger charge is 2.35.